The van der Waals surface area contributed by atoms with Crippen molar-refractivity contribution in [2.45, 2.75) is 31.7 Å². The first-order valence-electron chi connectivity index (χ1n) is 7.63. The lowest BCUT2D eigenvalue weighted by Gasteiger charge is -2.17. The van der Waals surface area contributed by atoms with Crippen molar-refractivity contribution in [1.29, 1.82) is 0 Å². The van der Waals surface area contributed by atoms with Crippen LogP contribution in [0.25, 0.3) is 0 Å². The third kappa shape index (κ3) is 5.03. The van der Waals surface area contributed by atoms with Gasteiger partial charge in [0.15, 0.2) is 0 Å². The number of rotatable bonds is 6. The maximum atomic E-state index is 12.1. The number of hydrogen-bond donors (Lipinski definition) is 1. The number of amides is 1. The zero-order chi connectivity index (χ0) is 16.8. The second-order valence-electron chi connectivity index (χ2n) is 5.61. The van der Waals surface area contributed by atoms with Gasteiger partial charge in [-0.3, -0.25) is 4.79 Å². The van der Waals surface area contributed by atoms with E-state index in [9.17, 15) is 4.79 Å². The molecule has 0 radical (unpaired) electrons. The van der Waals surface area contributed by atoms with Crippen molar-refractivity contribution in [3.63, 3.8) is 0 Å². The van der Waals surface area contributed by atoms with Crippen LogP contribution in [0.2, 0.25) is 0 Å². The molecule has 23 heavy (non-hydrogen) atoms. The van der Waals surface area contributed by atoms with E-state index in [-0.39, 0.29) is 11.9 Å². The minimum Gasteiger partial charge on any atom is -0.497 e. The maximum absolute atomic E-state index is 12.1. The number of aryl methyl sites for hydroxylation is 2. The molecule has 0 aliphatic rings. The summed E-state index contributed by atoms with van der Waals surface area (Å²) in [4.78, 5) is 13.2. The largest absolute Gasteiger partial charge is 0.497 e. The van der Waals surface area contributed by atoms with Gasteiger partial charge in [0.25, 0.3) is 0 Å². The predicted octanol–water partition coefficient (Wildman–Crippen LogP) is 4.28. The second kappa shape index (κ2) is 8.06. The summed E-state index contributed by atoms with van der Waals surface area (Å²) in [5.74, 6) is 1.27. The number of carbonyl (C=O) groups excluding carboxylic acids is 1. The lowest BCUT2D eigenvalue weighted by atomic mass is 10.0. The van der Waals surface area contributed by atoms with E-state index in [0.29, 0.717) is 5.75 Å². The van der Waals surface area contributed by atoms with Crippen LogP contribution in [0.5, 0.6) is 5.75 Å². The van der Waals surface area contributed by atoms with Crippen LogP contribution in [-0.2, 0) is 4.79 Å². The van der Waals surface area contributed by atoms with Crippen LogP contribution in [-0.4, -0.2) is 18.8 Å². The standard InChI is InChI=1S/C19H23NO2S/c1-13-5-10-18(14(2)11-13)15(3)20-19(21)12-23-17-8-6-16(22-4)7-9-17/h5-11,15H,12H2,1-4H3,(H,20,21)/t15-/m0/s1. The summed E-state index contributed by atoms with van der Waals surface area (Å²) >= 11 is 1.52. The van der Waals surface area contributed by atoms with Gasteiger partial charge in [0.2, 0.25) is 5.91 Å². The zero-order valence-electron chi connectivity index (χ0n) is 14.1. The highest BCUT2D eigenvalue weighted by Crippen LogP contribution is 2.22. The Hall–Kier alpha value is -1.94. The van der Waals surface area contributed by atoms with Gasteiger partial charge in [-0.25, -0.2) is 0 Å². The molecule has 0 aliphatic carbocycles. The van der Waals surface area contributed by atoms with Crippen molar-refractivity contribution in [3.8, 4) is 5.75 Å². The van der Waals surface area contributed by atoms with Crippen LogP contribution in [0.15, 0.2) is 47.4 Å². The number of methoxy groups -OCH3 is 1. The molecule has 0 spiro atoms. The summed E-state index contributed by atoms with van der Waals surface area (Å²) in [6.45, 7) is 6.18. The molecule has 2 rings (SSSR count). The highest BCUT2D eigenvalue weighted by atomic mass is 32.2. The van der Waals surface area contributed by atoms with Crippen molar-refractivity contribution >= 4 is 17.7 Å². The summed E-state index contributed by atoms with van der Waals surface area (Å²) in [6, 6.07) is 14.1. The number of carbonyl (C=O) groups is 1. The topological polar surface area (TPSA) is 38.3 Å². The van der Waals surface area contributed by atoms with Crippen LogP contribution in [0, 0.1) is 13.8 Å². The molecule has 3 nitrogen and oxygen atoms in total. The average Bonchev–Trinajstić information content (AvgIpc) is 2.53. The van der Waals surface area contributed by atoms with Gasteiger partial charge in [0.1, 0.15) is 5.75 Å². The quantitative estimate of drug-likeness (QED) is 0.804. The van der Waals surface area contributed by atoms with Gasteiger partial charge >= 0.3 is 0 Å². The summed E-state index contributed by atoms with van der Waals surface area (Å²) in [5.41, 5.74) is 3.61. The Morgan fingerprint density at radius 3 is 2.48 bits per heavy atom. The van der Waals surface area contributed by atoms with Gasteiger partial charge in [-0.15, -0.1) is 11.8 Å². The van der Waals surface area contributed by atoms with E-state index < -0.39 is 0 Å². The molecule has 0 aromatic heterocycles. The molecule has 0 saturated heterocycles. The number of nitrogens with one attached hydrogen (secondary N) is 1. The van der Waals surface area contributed by atoms with Crippen molar-refractivity contribution < 1.29 is 9.53 Å². The highest BCUT2D eigenvalue weighted by Gasteiger charge is 2.12. The molecule has 0 bridgehead atoms. The molecule has 0 unspecified atom stereocenters. The van der Waals surface area contributed by atoms with Gasteiger partial charge in [-0.2, -0.15) is 0 Å². The van der Waals surface area contributed by atoms with Crippen LogP contribution < -0.4 is 10.1 Å². The first-order valence-corrected chi connectivity index (χ1v) is 8.61. The van der Waals surface area contributed by atoms with Crippen molar-refractivity contribution in [2.24, 2.45) is 0 Å². The lowest BCUT2D eigenvalue weighted by molar-refractivity contribution is -0.119. The summed E-state index contributed by atoms with van der Waals surface area (Å²) in [7, 11) is 1.64. The van der Waals surface area contributed by atoms with Crippen LogP contribution in [0.3, 0.4) is 0 Å². The molecule has 0 aliphatic heterocycles. The molecule has 4 heteroatoms. The molecule has 1 atom stereocenters. The maximum Gasteiger partial charge on any atom is 0.230 e. The van der Waals surface area contributed by atoms with Gasteiger partial charge in [0.05, 0.1) is 18.9 Å². The monoisotopic (exact) mass is 329 g/mol. The van der Waals surface area contributed by atoms with E-state index in [2.05, 4.69) is 37.4 Å². The lowest BCUT2D eigenvalue weighted by Crippen LogP contribution is -2.28. The Morgan fingerprint density at radius 1 is 1.17 bits per heavy atom. The summed E-state index contributed by atoms with van der Waals surface area (Å²) in [5, 5.41) is 3.06. The fourth-order valence-corrected chi connectivity index (χ4v) is 3.20. The molecule has 122 valence electrons. The summed E-state index contributed by atoms with van der Waals surface area (Å²) in [6.07, 6.45) is 0. The smallest absolute Gasteiger partial charge is 0.230 e. The Labute approximate surface area is 142 Å². The molecule has 0 saturated carbocycles. The highest BCUT2D eigenvalue weighted by molar-refractivity contribution is 8.00. The molecular formula is C19H23NO2S. The summed E-state index contributed by atoms with van der Waals surface area (Å²) < 4.78 is 5.13. The van der Waals surface area contributed by atoms with E-state index >= 15 is 0 Å². The molecular weight excluding hydrogens is 306 g/mol. The Kier molecular flexibility index (Phi) is 6.11. The third-order valence-electron chi connectivity index (χ3n) is 3.70. The van der Waals surface area contributed by atoms with Gasteiger partial charge in [-0.1, -0.05) is 23.8 Å². The number of benzene rings is 2. The normalized spacial score (nSPS) is 11.8. The van der Waals surface area contributed by atoms with E-state index in [4.69, 9.17) is 4.74 Å². The van der Waals surface area contributed by atoms with Gasteiger partial charge in [0, 0.05) is 4.90 Å². The molecule has 1 amide bonds. The Bertz CT molecular complexity index is 668. The van der Waals surface area contributed by atoms with Crippen LogP contribution in [0.1, 0.15) is 29.7 Å². The minimum atomic E-state index is 0.0135. The number of hydrogen-bond acceptors (Lipinski definition) is 3. The second-order valence-corrected chi connectivity index (χ2v) is 6.66. The first-order chi connectivity index (χ1) is 11.0. The van der Waals surface area contributed by atoms with Crippen molar-refractivity contribution in [1.82, 2.24) is 5.32 Å². The van der Waals surface area contributed by atoms with E-state index in [1.54, 1.807) is 7.11 Å². The molecule has 1 N–H and O–H groups in total. The predicted molar refractivity (Wildman–Crippen MR) is 96.2 cm³/mol. The van der Waals surface area contributed by atoms with Crippen LogP contribution >= 0.6 is 11.8 Å². The van der Waals surface area contributed by atoms with Crippen molar-refractivity contribution in [3.05, 3.63) is 59.2 Å². The number of thioether (sulfide) groups is 1. The van der Waals surface area contributed by atoms with E-state index in [1.807, 2.05) is 31.2 Å². The Balaban J connectivity index is 1.88. The van der Waals surface area contributed by atoms with Crippen LogP contribution in [0.4, 0.5) is 0 Å². The van der Waals surface area contributed by atoms with Gasteiger partial charge < -0.3 is 10.1 Å². The minimum absolute atomic E-state index is 0.0135. The Morgan fingerprint density at radius 2 is 1.87 bits per heavy atom. The molecule has 2 aromatic carbocycles. The average molecular weight is 329 g/mol. The van der Waals surface area contributed by atoms with E-state index in [1.165, 1.54) is 28.5 Å². The fraction of sp³-hybridized carbons (Fsp3) is 0.316. The first kappa shape index (κ1) is 17.4. The molecule has 0 fully saturated rings. The molecule has 0 heterocycles. The molecule has 2 aromatic rings. The SMILES string of the molecule is COc1ccc(SCC(=O)N[C@@H](C)c2ccc(C)cc2C)cc1. The fourth-order valence-electron chi connectivity index (χ4n) is 2.49. The third-order valence-corrected chi connectivity index (χ3v) is 4.71. The number of ether oxygens (including phenoxy) is 1. The van der Waals surface area contributed by atoms with Gasteiger partial charge in [-0.05, 0) is 56.2 Å². The zero-order valence-corrected chi connectivity index (χ0v) is 14.9. The van der Waals surface area contributed by atoms with E-state index in [0.717, 1.165) is 10.6 Å². The van der Waals surface area contributed by atoms with Crippen molar-refractivity contribution in [2.75, 3.05) is 12.9 Å².